The summed E-state index contributed by atoms with van der Waals surface area (Å²) in [5.74, 6) is 0.915. The molecule has 0 aromatic heterocycles. The molecule has 0 spiro atoms. The zero-order valence-electron chi connectivity index (χ0n) is 12.4. The molecule has 1 saturated heterocycles. The molecule has 0 aliphatic carbocycles. The summed E-state index contributed by atoms with van der Waals surface area (Å²) in [6, 6.07) is 7.51. The number of rotatable bonds is 2. The lowest BCUT2D eigenvalue weighted by Crippen LogP contribution is -2.50. The normalized spacial score (nSPS) is 24.6. The molecule has 118 valence electrons. The van der Waals surface area contributed by atoms with E-state index in [-0.39, 0.29) is 18.0 Å². The van der Waals surface area contributed by atoms with Crippen LogP contribution in [0.2, 0.25) is 0 Å². The van der Waals surface area contributed by atoms with Crippen LogP contribution in [0.15, 0.2) is 29.2 Å². The second kappa shape index (κ2) is 7.05. The van der Waals surface area contributed by atoms with E-state index in [0.717, 1.165) is 25.0 Å². The van der Waals surface area contributed by atoms with Crippen molar-refractivity contribution in [2.75, 3.05) is 12.3 Å². The predicted molar refractivity (Wildman–Crippen MR) is 86.8 cm³/mol. The van der Waals surface area contributed by atoms with Gasteiger partial charge in [-0.3, -0.25) is 4.79 Å². The minimum atomic E-state index is -0.421. The number of hydrogen-bond acceptors (Lipinski definition) is 3. The molecule has 2 aliphatic heterocycles. The molecular formula is C16H21N3O2S. The Morgan fingerprint density at radius 3 is 2.86 bits per heavy atom. The van der Waals surface area contributed by atoms with E-state index in [4.69, 9.17) is 0 Å². The average Bonchev–Trinajstić information content (AvgIpc) is 2.73. The minimum Gasteiger partial charge on any atom is -0.354 e. The number of carbonyl (C=O) groups excluding carboxylic acids is 2. The number of urea groups is 1. The molecule has 2 atom stereocenters. The zero-order valence-corrected chi connectivity index (χ0v) is 13.2. The first-order valence-electron chi connectivity index (χ1n) is 7.80. The predicted octanol–water partition coefficient (Wildman–Crippen LogP) is 2.19. The number of amides is 3. The van der Waals surface area contributed by atoms with Gasteiger partial charge in [0.1, 0.15) is 6.04 Å². The van der Waals surface area contributed by atoms with Crippen molar-refractivity contribution in [3.8, 4) is 0 Å². The first kappa shape index (κ1) is 15.2. The highest BCUT2D eigenvalue weighted by Gasteiger charge is 2.25. The van der Waals surface area contributed by atoms with Gasteiger partial charge in [0.25, 0.3) is 0 Å². The fourth-order valence-corrected chi connectivity index (χ4v) is 4.05. The smallest absolute Gasteiger partial charge is 0.315 e. The van der Waals surface area contributed by atoms with Gasteiger partial charge < -0.3 is 16.0 Å². The van der Waals surface area contributed by atoms with Crippen molar-refractivity contribution < 1.29 is 9.59 Å². The highest BCUT2D eigenvalue weighted by Crippen LogP contribution is 2.35. The van der Waals surface area contributed by atoms with Gasteiger partial charge in [-0.05, 0) is 37.3 Å². The quantitative estimate of drug-likeness (QED) is 0.782. The van der Waals surface area contributed by atoms with Crippen molar-refractivity contribution in [1.82, 2.24) is 16.0 Å². The summed E-state index contributed by atoms with van der Waals surface area (Å²) in [5.41, 5.74) is 1.17. The Hall–Kier alpha value is -1.69. The van der Waals surface area contributed by atoms with Gasteiger partial charge in [0.2, 0.25) is 5.91 Å². The van der Waals surface area contributed by atoms with Gasteiger partial charge in [-0.1, -0.05) is 18.2 Å². The first-order valence-corrected chi connectivity index (χ1v) is 8.79. The summed E-state index contributed by atoms with van der Waals surface area (Å²) < 4.78 is 0. The van der Waals surface area contributed by atoms with E-state index in [2.05, 4.69) is 28.1 Å². The van der Waals surface area contributed by atoms with Crippen LogP contribution in [0.4, 0.5) is 4.79 Å². The summed E-state index contributed by atoms with van der Waals surface area (Å²) in [5, 5.41) is 8.67. The summed E-state index contributed by atoms with van der Waals surface area (Å²) in [6.07, 6.45) is 3.54. The monoisotopic (exact) mass is 319 g/mol. The van der Waals surface area contributed by atoms with Gasteiger partial charge in [-0.25, -0.2) is 4.79 Å². The molecular weight excluding hydrogens is 298 g/mol. The van der Waals surface area contributed by atoms with Crippen molar-refractivity contribution in [2.24, 2.45) is 0 Å². The maximum Gasteiger partial charge on any atom is 0.315 e. The van der Waals surface area contributed by atoms with E-state index in [1.54, 1.807) is 0 Å². The van der Waals surface area contributed by atoms with Crippen LogP contribution in [0, 0.1) is 0 Å². The molecule has 3 amide bonds. The van der Waals surface area contributed by atoms with E-state index in [1.807, 2.05) is 23.9 Å². The van der Waals surface area contributed by atoms with E-state index in [9.17, 15) is 9.59 Å². The van der Waals surface area contributed by atoms with Gasteiger partial charge in [-0.15, -0.1) is 11.8 Å². The van der Waals surface area contributed by atoms with Crippen LogP contribution in [-0.4, -0.2) is 30.3 Å². The molecule has 5 nitrogen and oxygen atoms in total. The molecule has 1 aromatic rings. The Kier molecular flexibility index (Phi) is 4.87. The van der Waals surface area contributed by atoms with Gasteiger partial charge in [-0.2, -0.15) is 0 Å². The SMILES string of the molecule is O=C(N[C@H]1CCSc2ccccc21)N[C@@H]1CCCCNC1=O. The lowest BCUT2D eigenvalue weighted by molar-refractivity contribution is -0.122. The molecule has 0 saturated carbocycles. The highest BCUT2D eigenvalue weighted by molar-refractivity contribution is 7.99. The number of carbonyl (C=O) groups is 2. The van der Waals surface area contributed by atoms with Gasteiger partial charge in [0.05, 0.1) is 6.04 Å². The second-order valence-corrected chi connectivity index (χ2v) is 6.82. The summed E-state index contributed by atoms with van der Waals surface area (Å²) in [6.45, 7) is 0.700. The molecule has 22 heavy (non-hydrogen) atoms. The van der Waals surface area contributed by atoms with E-state index >= 15 is 0 Å². The summed E-state index contributed by atoms with van der Waals surface area (Å²) in [4.78, 5) is 25.3. The number of hydrogen-bond donors (Lipinski definition) is 3. The van der Waals surface area contributed by atoms with Gasteiger partial charge >= 0.3 is 6.03 Å². The Balaban J connectivity index is 1.61. The third kappa shape index (κ3) is 3.55. The molecule has 0 bridgehead atoms. The van der Waals surface area contributed by atoms with Crippen molar-refractivity contribution in [3.63, 3.8) is 0 Å². The van der Waals surface area contributed by atoms with Crippen LogP contribution < -0.4 is 16.0 Å². The van der Waals surface area contributed by atoms with Crippen molar-refractivity contribution in [1.29, 1.82) is 0 Å². The maximum absolute atomic E-state index is 12.2. The molecule has 2 heterocycles. The van der Waals surface area contributed by atoms with Crippen molar-refractivity contribution >= 4 is 23.7 Å². The third-order valence-electron chi connectivity index (χ3n) is 4.10. The fourth-order valence-electron chi connectivity index (χ4n) is 2.93. The van der Waals surface area contributed by atoms with Gasteiger partial charge in [0.15, 0.2) is 0 Å². The molecule has 6 heteroatoms. The van der Waals surface area contributed by atoms with Crippen molar-refractivity contribution in [3.05, 3.63) is 29.8 Å². The molecule has 2 aliphatic rings. The molecule has 0 radical (unpaired) electrons. The lowest BCUT2D eigenvalue weighted by Gasteiger charge is -2.26. The van der Waals surface area contributed by atoms with Crippen LogP contribution >= 0.6 is 11.8 Å². The number of benzene rings is 1. The Morgan fingerprint density at radius 2 is 1.95 bits per heavy atom. The molecule has 1 fully saturated rings. The topological polar surface area (TPSA) is 70.2 Å². The van der Waals surface area contributed by atoms with Crippen LogP contribution in [0.5, 0.6) is 0 Å². The average molecular weight is 319 g/mol. The van der Waals surface area contributed by atoms with Crippen LogP contribution in [-0.2, 0) is 4.79 Å². The van der Waals surface area contributed by atoms with E-state index in [0.29, 0.717) is 13.0 Å². The third-order valence-corrected chi connectivity index (χ3v) is 5.23. The molecule has 3 rings (SSSR count). The fraction of sp³-hybridized carbons (Fsp3) is 0.500. The molecule has 3 N–H and O–H groups in total. The Labute approximate surface area is 134 Å². The zero-order chi connectivity index (χ0) is 15.4. The highest BCUT2D eigenvalue weighted by atomic mass is 32.2. The minimum absolute atomic E-state index is 0.0197. The first-order chi connectivity index (χ1) is 10.7. The standard InChI is InChI=1S/C16H21N3O2S/c20-15-13(6-3-4-9-17-15)19-16(21)18-12-8-10-22-14-7-2-1-5-11(12)14/h1-2,5,7,12-13H,3-4,6,8-10H2,(H,17,20)(H2,18,19,21)/t12-,13+/m0/s1. The van der Waals surface area contributed by atoms with Crippen LogP contribution in [0.3, 0.4) is 0 Å². The molecule has 0 unspecified atom stereocenters. The maximum atomic E-state index is 12.2. The lowest BCUT2D eigenvalue weighted by atomic mass is 10.0. The van der Waals surface area contributed by atoms with E-state index in [1.165, 1.54) is 10.5 Å². The van der Waals surface area contributed by atoms with Gasteiger partial charge in [0, 0.05) is 17.2 Å². The van der Waals surface area contributed by atoms with E-state index < -0.39 is 6.04 Å². The largest absolute Gasteiger partial charge is 0.354 e. The van der Waals surface area contributed by atoms with Crippen molar-refractivity contribution in [2.45, 2.75) is 42.7 Å². The van der Waals surface area contributed by atoms with Crippen LogP contribution in [0.25, 0.3) is 0 Å². The summed E-state index contributed by atoms with van der Waals surface area (Å²) >= 11 is 1.82. The molecule has 1 aromatic carbocycles. The van der Waals surface area contributed by atoms with Crippen LogP contribution in [0.1, 0.15) is 37.3 Å². The Bertz CT molecular complexity index is 564. The summed E-state index contributed by atoms with van der Waals surface area (Å²) in [7, 11) is 0. The number of thioether (sulfide) groups is 1. The number of nitrogens with one attached hydrogen (secondary N) is 3. The second-order valence-electron chi connectivity index (χ2n) is 5.68. The number of fused-ring (bicyclic) bond motifs is 1. The Morgan fingerprint density at radius 1 is 1.14 bits per heavy atom.